The third-order valence-electron chi connectivity index (χ3n) is 2.95. The van der Waals surface area contributed by atoms with Gasteiger partial charge >= 0.3 is 6.01 Å². The van der Waals surface area contributed by atoms with Gasteiger partial charge in [0.2, 0.25) is 5.76 Å². The second-order valence-corrected chi connectivity index (χ2v) is 5.26. The quantitative estimate of drug-likeness (QED) is 0.843. The van der Waals surface area contributed by atoms with Gasteiger partial charge in [0.15, 0.2) is 0 Å². The maximum absolute atomic E-state index is 12.0. The third kappa shape index (κ3) is 2.79. The molecule has 1 aliphatic rings. The van der Waals surface area contributed by atoms with E-state index in [9.17, 15) is 4.79 Å². The van der Waals surface area contributed by atoms with Crippen molar-refractivity contribution in [3.8, 4) is 6.01 Å². The molecule has 1 atom stereocenters. The standard InChI is InChI=1S/C12H11BrN4O3/c13-8-5-14-12(15-6-8)19-9-2-4-17(7-9)11(18)10-1-3-16-20-10/h1,3,5-6,9H,2,4,7H2/t9-/m0/s1. The maximum Gasteiger partial charge on any atom is 0.316 e. The molecule has 0 unspecified atom stereocenters. The fourth-order valence-corrected chi connectivity index (χ4v) is 2.21. The number of nitrogens with zero attached hydrogens (tertiary/aromatic N) is 4. The predicted octanol–water partition coefficient (Wildman–Crippen LogP) is 1.52. The Kier molecular flexibility index (Phi) is 3.64. The van der Waals surface area contributed by atoms with Crippen molar-refractivity contribution < 1.29 is 14.1 Å². The van der Waals surface area contributed by atoms with Gasteiger partial charge in [-0.05, 0) is 15.9 Å². The molecule has 7 nitrogen and oxygen atoms in total. The number of aromatic nitrogens is 3. The average molecular weight is 339 g/mol. The lowest BCUT2D eigenvalue weighted by Crippen LogP contribution is -2.30. The van der Waals surface area contributed by atoms with E-state index < -0.39 is 0 Å². The van der Waals surface area contributed by atoms with Crippen molar-refractivity contribution in [1.82, 2.24) is 20.0 Å². The lowest BCUT2D eigenvalue weighted by atomic mass is 10.3. The summed E-state index contributed by atoms with van der Waals surface area (Å²) in [5, 5.41) is 3.53. The largest absolute Gasteiger partial charge is 0.458 e. The van der Waals surface area contributed by atoms with Crippen molar-refractivity contribution in [1.29, 1.82) is 0 Å². The van der Waals surface area contributed by atoms with E-state index in [0.29, 0.717) is 19.1 Å². The van der Waals surface area contributed by atoms with E-state index in [0.717, 1.165) is 10.9 Å². The molecule has 3 heterocycles. The number of likely N-dealkylation sites (tertiary alicyclic amines) is 1. The Morgan fingerprint density at radius 3 is 2.95 bits per heavy atom. The van der Waals surface area contributed by atoms with Crippen LogP contribution in [0.4, 0.5) is 0 Å². The van der Waals surface area contributed by atoms with Gasteiger partial charge in [0.1, 0.15) is 6.10 Å². The minimum atomic E-state index is -0.176. The van der Waals surface area contributed by atoms with E-state index in [-0.39, 0.29) is 17.8 Å². The highest BCUT2D eigenvalue weighted by Gasteiger charge is 2.30. The second-order valence-electron chi connectivity index (χ2n) is 4.34. The summed E-state index contributed by atoms with van der Waals surface area (Å²) in [4.78, 5) is 21.8. The second kappa shape index (κ2) is 5.58. The van der Waals surface area contributed by atoms with Crippen LogP contribution in [0.25, 0.3) is 0 Å². The number of carbonyl (C=O) groups excluding carboxylic acids is 1. The van der Waals surface area contributed by atoms with Gasteiger partial charge in [-0.2, -0.15) is 0 Å². The molecule has 0 radical (unpaired) electrons. The van der Waals surface area contributed by atoms with Crippen LogP contribution in [-0.2, 0) is 0 Å². The molecule has 104 valence electrons. The molecule has 2 aromatic rings. The Balaban J connectivity index is 1.59. The van der Waals surface area contributed by atoms with Crippen molar-refractivity contribution >= 4 is 21.8 Å². The van der Waals surface area contributed by atoms with Gasteiger partial charge in [0.05, 0.1) is 17.2 Å². The normalized spacial score (nSPS) is 18.2. The first-order valence-electron chi connectivity index (χ1n) is 6.06. The highest BCUT2D eigenvalue weighted by molar-refractivity contribution is 9.10. The van der Waals surface area contributed by atoms with Crippen LogP contribution in [0.15, 0.2) is 33.7 Å². The Bertz CT molecular complexity index is 587. The lowest BCUT2D eigenvalue weighted by molar-refractivity contribution is 0.0728. The van der Waals surface area contributed by atoms with Crippen LogP contribution < -0.4 is 4.74 Å². The molecule has 0 N–H and O–H groups in total. The fourth-order valence-electron chi connectivity index (χ4n) is 2.00. The molecule has 20 heavy (non-hydrogen) atoms. The summed E-state index contributed by atoms with van der Waals surface area (Å²) in [5.74, 6) is 0.0656. The summed E-state index contributed by atoms with van der Waals surface area (Å²) in [6, 6.07) is 1.86. The summed E-state index contributed by atoms with van der Waals surface area (Å²) in [6.45, 7) is 1.10. The highest BCUT2D eigenvalue weighted by atomic mass is 79.9. The van der Waals surface area contributed by atoms with E-state index in [1.54, 1.807) is 23.4 Å². The van der Waals surface area contributed by atoms with Crippen LogP contribution in [0.5, 0.6) is 6.01 Å². The van der Waals surface area contributed by atoms with Crippen LogP contribution in [0.2, 0.25) is 0 Å². The Morgan fingerprint density at radius 1 is 1.45 bits per heavy atom. The topological polar surface area (TPSA) is 81.4 Å². The predicted molar refractivity (Wildman–Crippen MR) is 71.2 cm³/mol. The van der Waals surface area contributed by atoms with Crippen LogP contribution >= 0.6 is 15.9 Å². The van der Waals surface area contributed by atoms with Gasteiger partial charge in [0, 0.05) is 31.4 Å². The first-order valence-corrected chi connectivity index (χ1v) is 6.86. The zero-order valence-electron chi connectivity index (χ0n) is 10.4. The van der Waals surface area contributed by atoms with Crippen LogP contribution in [0, 0.1) is 0 Å². The molecule has 0 saturated carbocycles. The molecule has 0 aliphatic carbocycles. The SMILES string of the molecule is O=C(c1ccno1)N1CC[C@H](Oc2ncc(Br)cn2)C1. The lowest BCUT2D eigenvalue weighted by Gasteiger charge is -2.14. The van der Waals surface area contributed by atoms with Gasteiger partial charge in [-0.1, -0.05) is 5.16 Å². The molecular formula is C12H11BrN4O3. The van der Waals surface area contributed by atoms with Gasteiger partial charge in [0.25, 0.3) is 5.91 Å². The summed E-state index contributed by atoms with van der Waals surface area (Å²) in [6.07, 6.45) is 5.32. The number of rotatable bonds is 3. The van der Waals surface area contributed by atoms with Crippen molar-refractivity contribution in [2.75, 3.05) is 13.1 Å². The summed E-state index contributed by atoms with van der Waals surface area (Å²) in [7, 11) is 0. The number of hydrogen-bond acceptors (Lipinski definition) is 6. The summed E-state index contributed by atoms with van der Waals surface area (Å²) >= 11 is 3.26. The average Bonchev–Trinajstić information content (AvgIpc) is 3.12. The smallest absolute Gasteiger partial charge is 0.316 e. The Morgan fingerprint density at radius 2 is 2.25 bits per heavy atom. The van der Waals surface area contributed by atoms with E-state index in [1.165, 1.54) is 6.20 Å². The molecule has 2 aromatic heterocycles. The number of amides is 1. The first-order chi connectivity index (χ1) is 9.72. The molecule has 1 amide bonds. The Labute approximate surface area is 123 Å². The van der Waals surface area contributed by atoms with Gasteiger partial charge in [-0.25, -0.2) is 9.97 Å². The molecule has 0 aromatic carbocycles. The molecule has 1 fully saturated rings. The molecule has 3 rings (SSSR count). The van der Waals surface area contributed by atoms with Crippen molar-refractivity contribution in [2.45, 2.75) is 12.5 Å². The van der Waals surface area contributed by atoms with E-state index >= 15 is 0 Å². The maximum atomic E-state index is 12.0. The minimum absolute atomic E-state index is 0.108. The zero-order valence-corrected chi connectivity index (χ0v) is 12.0. The van der Waals surface area contributed by atoms with Gasteiger partial charge < -0.3 is 14.2 Å². The van der Waals surface area contributed by atoms with E-state index in [2.05, 4.69) is 31.1 Å². The number of ether oxygens (including phenoxy) is 1. The molecular weight excluding hydrogens is 328 g/mol. The van der Waals surface area contributed by atoms with Crippen molar-refractivity contribution in [2.24, 2.45) is 0 Å². The van der Waals surface area contributed by atoms with Crippen LogP contribution in [0.1, 0.15) is 17.0 Å². The molecule has 0 bridgehead atoms. The summed E-state index contributed by atoms with van der Waals surface area (Å²) < 4.78 is 11.3. The van der Waals surface area contributed by atoms with Gasteiger partial charge in [-0.15, -0.1) is 0 Å². The fraction of sp³-hybridized carbons (Fsp3) is 0.333. The van der Waals surface area contributed by atoms with Crippen LogP contribution in [-0.4, -0.2) is 45.1 Å². The zero-order chi connectivity index (χ0) is 13.9. The third-order valence-corrected chi connectivity index (χ3v) is 3.36. The minimum Gasteiger partial charge on any atom is -0.458 e. The Hall–Kier alpha value is -1.96. The highest BCUT2D eigenvalue weighted by Crippen LogP contribution is 2.18. The monoisotopic (exact) mass is 338 g/mol. The van der Waals surface area contributed by atoms with E-state index in [4.69, 9.17) is 9.26 Å². The molecule has 0 spiro atoms. The van der Waals surface area contributed by atoms with E-state index in [1.807, 2.05) is 0 Å². The molecule has 1 aliphatic heterocycles. The van der Waals surface area contributed by atoms with Gasteiger partial charge in [-0.3, -0.25) is 4.79 Å². The van der Waals surface area contributed by atoms with Crippen molar-refractivity contribution in [3.05, 3.63) is 34.9 Å². The number of carbonyl (C=O) groups is 1. The molecule has 1 saturated heterocycles. The number of halogens is 1. The van der Waals surface area contributed by atoms with Crippen molar-refractivity contribution in [3.63, 3.8) is 0 Å². The molecule has 8 heteroatoms. The number of hydrogen-bond donors (Lipinski definition) is 0. The summed E-state index contributed by atoms with van der Waals surface area (Å²) in [5.41, 5.74) is 0. The first kappa shape index (κ1) is 13.0. The van der Waals surface area contributed by atoms with Crippen LogP contribution in [0.3, 0.4) is 0 Å².